The van der Waals surface area contributed by atoms with E-state index in [0.29, 0.717) is 12.8 Å². The number of nitrogens with one attached hydrogen (secondary N) is 1. The van der Waals surface area contributed by atoms with Gasteiger partial charge in [-0.15, -0.1) is 6.58 Å². The van der Waals surface area contributed by atoms with Crippen LogP contribution in [0.5, 0.6) is 0 Å². The van der Waals surface area contributed by atoms with Crippen LogP contribution in [0.2, 0.25) is 0 Å². The molecule has 3 heteroatoms. The highest BCUT2D eigenvalue weighted by atomic mass is 16.2. The van der Waals surface area contributed by atoms with Crippen molar-refractivity contribution in [3.8, 4) is 0 Å². The van der Waals surface area contributed by atoms with Crippen LogP contribution >= 0.6 is 0 Å². The monoisotopic (exact) mass is 167 g/mol. The fourth-order valence-electron chi connectivity index (χ4n) is 1.38. The number of imide groups is 1. The zero-order valence-corrected chi connectivity index (χ0v) is 7.22. The number of allylic oxidation sites excluding steroid dienone is 1. The van der Waals surface area contributed by atoms with E-state index in [-0.39, 0.29) is 11.8 Å². The quantitative estimate of drug-likeness (QED) is 0.503. The van der Waals surface area contributed by atoms with Gasteiger partial charge in [-0.1, -0.05) is 13.0 Å². The second-order valence-electron chi connectivity index (χ2n) is 3.44. The minimum atomic E-state index is -0.495. The van der Waals surface area contributed by atoms with Crippen LogP contribution in [0.1, 0.15) is 26.2 Å². The molecular formula is C9H13NO2. The molecule has 1 aliphatic heterocycles. The summed E-state index contributed by atoms with van der Waals surface area (Å²) in [5.41, 5.74) is -0.495. The second kappa shape index (κ2) is 3.09. The lowest BCUT2D eigenvalue weighted by Crippen LogP contribution is -2.28. The smallest absolute Gasteiger partial charge is 0.233 e. The van der Waals surface area contributed by atoms with Crippen molar-refractivity contribution in [1.29, 1.82) is 0 Å². The first kappa shape index (κ1) is 8.97. The van der Waals surface area contributed by atoms with E-state index in [0.717, 1.165) is 6.42 Å². The van der Waals surface area contributed by atoms with E-state index in [2.05, 4.69) is 11.9 Å². The molecule has 12 heavy (non-hydrogen) atoms. The standard InChI is InChI=1S/C9H13NO2/c1-3-4-5-9(2)6-7(11)10-8(9)12/h3H,1,4-6H2,2H3,(H,10,11,12). The zero-order valence-electron chi connectivity index (χ0n) is 7.22. The van der Waals surface area contributed by atoms with E-state index in [4.69, 9.17) is 0 Å². The van der Waals surface area contributed by atoms with Crippen LogP contribution in [0.4, 0.5) is 0 Å². The lowest BCUT2D eigenvalue weighted by molar-refractivity contribution is -0.128. The Labute approximate surface area is 71.8 Å². The number of carbonyl (C=O) groups excluding carboxylic acids is 2. The van der Waals surface area contributed by atoms with Crippen LogP contribution in [-0.2, 0) is 9.59 Å². The Kier molecular flexibility index (Phi) is 2.31. The molecule has 0 radical (unpaired) electrons. The van der Waals surface area contributed by atoms with E-state index in [1.807, 2.05) is 6.92 Å². The Bertz CT molecular complexity index is 235. The molecule has 1 fully saturated rings. The Balaban J connectivity index is 2.64. The number of amides is 2. The van der Waals surface area contributed by atoms with Gasteiger partial charge in [-0.25, -0.2) is 0 Å². The van der Waals surface area contributed by atoms with Crippen molar-refractivity contribution in [1.82, 2.24) is 5.32 Å². The Morgan fingerprint density at radius 2 is 2.33 bits per heavy atom. The molecule has 0 aromatic rings. The van der Waals surface area contributed by atoms with Crippen LogP contribution < -0.4 is 5.32 Å². The molecule has 1 aliphatic rings. The molecule has 0 aromatic heterocycles. The molecule has 3 nitrogen and oxygen atoms in total. The molecule has 1 heterocycles. The molecular weight excluding hydrogens is 154 g/mol. The van der Waals surface area contributed by atoms with Crippen LogP contribution in [0.15, 0.2) is 12.7 Å². The van der Waals surface area contributed by atoms with Gasteiger partial charge in [0.15, 0.2) is 0 Å². The van der Waals surface area contributed by atoms with Gasteiger partial charge in [0, 0.05) is 6.42 Å². The highest BCUT2D eigenvalue weighted by Gasteiger charge is 2.41. The van der Waals surface area contributed by atoms with Gasteiger partial charge in [0.25, 0.3) is 0 Å². The third kappa shape index (κ3) is 1.55. The average molecular weight is 167 g/mol. The van der Waals surface area contributed by atoms with Crippen LogP contribution in [0.25, 0.3) is 0 Å². The summed E-state index contributed by atoms with van der Waals surface area (Å²) in [6.07, 6.45) is 3.56. The normalized spacial score (nSPS) is 28.8. The summed E-state index contributed by atoms with van der Waals surface area (Å²) in [4.78, 5) is 22.1. The topological polar surface area (TPSA) is 46.2 Å². The van der Waals surface area contributed by atoms with Crippen molar-refractivity contribution in [2.45, 2.75) is 26.2 Å². The van der Waals surface area contributed by atoms with Crippen molar-refractivity contribution in [3.05, 3.63) is 12.7 Å². The minimum Gasteiger partial charge on any atom is -0.296 e. The predicted molar refractivity (Wildman–Crippen MR) is 45.3 cm³/mol. The molecule has 1 unspecified atom stereocenters. The molecule has 1 atom stereocenters. The predicted octanol–water partition coefficient (Wildman–Crippen LogP) is 1.01. The SMILES string of the molecule is C=CCCC1(C)CC(=O)NC1=O. The summed E-state index contributed by atoms with van der Waals surface area (Å²) < 4.78 is 0. The van der Waals surface area contributed by atoms with E-state index >= 15 is 0 Å². The maximum absolute atomic E-state index is 11.2. The maximum atomic E-state index is 11.2. The molecule has 1 rings (SSSR count). The molecule has 2 amide bonds. The molecule has 0 bridgehead atoms. The van der Waals surface area contributed by atoms with Gasteiger partial charge < -0.3 is 0 Å². The van der Waals surface area contributed by atoms with Gasteiger partial charge in [0.05, 0.1) is 5.41 Å². The summed E-state index contributed by atoms with van der Waals surface area (Å²) in [6, 6.07) is 0. The van der Waals surface area contributed by atoms with Crippen LogP contribution in [0, 0.1) is 5.41 Å². The molecule has 0 spiro atoms. The minimum absolute atomic E-state index is 0.144. The molecule has 1 saturated heterocycles. The lowest BCUT2D eigenvalue weighted by atomic mass is 9.84. The van der Waals surface area contributed by atoms with E-state index in [1.54, 1.807) is 6.08 Å². The third-order valence-corrected chi connectivity index (χ3v) is 2.25. The summed E-state index contributed by atoms with van der Waals surface area (Å²) in [7, 11) is 0. The van der Waals surface area contributed by atoms with Gasteiger partial charge in [0.1, 0.15) is 0 Å². The first-order valence-electron chi connectivity index (χ1n) is 4.04. The molecule has 0 aromatic carbocycles. The fourth-order valence-corrected chi connectivity index (χ4v) is 1.38. The van der Waals surface area contributed by atoms with Crippen molar-refractivity contribution >= 4 is 11.8 Å². The summed E-state index contributed by atoms with van der Waals surface area (Å²) in [6.45, 7) is 5.40. The van der Waals surface area contributed by atoms with Crippen LogP contribution in [-0.4, -0.2) is 11.8 Å². The zero-order chi connectivity index (χ0) is 9.19. The molecule has 0 saturated carbocycles. The number of rotatable bonds is 3. The van der Waals surface area contributed by atoms with Gasteiger partial charge in [-0.3, -0.25) is 14.9 Å². The average Bonchev–Trinajstić information content (AvgIpc) is 2.23. The Hall–Kier alpha value is -1.12. The van der Waals surface area contributed by atoms with Gasteiger partial charge in [0.2, 0.25) is 11.8 Å². The van der Waals surface area contributed by atoms with Crippen molar-refractivity contribution in [2.24, 2.45) is 5.41 Å². The van der Waals surface area contributed by atoms with Crippen LogP contribution in [0.3, 0.4) is 0 Å². The van der Waals surface area contributed by atoms with Gasteiger partial charge in [-0.2, -0.15) is 0 Å². The summed E-state index contributed by atoms with van der Waals surface area (Å²) >= 11 is 0. The number of hydrogen-bond donors (Lipinski definition) is 1. The molecule has 66 valence electrons. The summed E-state index contributed by atoms with van der Waals surface area (Å²) in [5, 5.41) is 2.30. The number of hydrogen-bond acceptors (Lipinski definition) is 2. The Morgan fingerprint density at radius 3 is 2.75 bits per heavy atom. The van der Waals surface area contributed by atoms with E-state index in [1.165, 1.54) is 0 Å². The van der Waals surface area contributed by atoms with Gasteiger partial charge >= 0.3 is 0 Å². The van der Waals surface area contributed by atoms with E-state index in [9.17, 15) is 9.59 Å². The first-order valence-corrected chi connectivity index (χ1v) is 4.04. The maximum Gasteiger partial charge on any atom is 0.233 e. The second-order valence-corrected chi connectivity index (χ2v) is 3.44. The highest BCUT2D eigenvalue weighted by Crippen LogP contribution is 2.31. The third-order valence-electron chi connectivity index (χ3n) is 2.25. The van der Waals surface area contributed by atoms with Crippen molar-refractivity contribution in [3.63, 3.8) is 0 Å². The first-order chi connectivity index (χ1) is 5.58. The largest absolute Gasteiger partial charge is 0.296 e. The van der Waals surface area contributed by atoms with Gasteiger partial charge in [-0.05, 0) is 12.8 Å². The molecule has 1 N–H and O–H groups in total. The number of carbonyl (C=O) groups is 2. The van der Waals surface area contributed by atoms with E-state index < -0.39 is 5.41 Å². The van der Waals surface area contributed by atoms with Crippen molar-refractivity contribution < 1.29 is 9.59 Å². The van der Waals surface area contributed by atoms with Crippen molar-refractivity contribution in [2.75, 3.05) is 0 Å². The fraction of sp³-hybridized carbons (Fsp3) is 0.556. The highest BCUT2D eigenvalue weighted by molar-refractivity contribution is 6.05. The lowest BCUT2D eigenvalue weighted by Gasteiger charge is -2.17. The Morgan fingerprint density at radius 1 is 1.67 bits per heavy atom. The molecule has 0 aliphatic carbocycles. The summed E-state index contributed by atoms with van der Waals surface area (Å²) in [5.74, 6) is -0.305.